The standard InChI is InChI=1S/C33H41N7/c1-11-28-25(32-20(7)16(3)18(5)22(9)39(32)37-28)13-24-14-30(27(35)15-26(24)34)36-31-29(12-2)38-40-23(10)19(6)17(4)21(8)33(31)40/h14-15,34H,11-13,35H2,1-10H3. The lowest BCUT2D eigenvalue weighted by Crippen LogP contribution is -2.19. The van der Waals surface area contributed by atoms with E-state index < -0.39 is 0 Å². The number of fused-ring (bicyclic) bond motifs is 2. The van der Waals surface area contributed by atoms with Crippen LogP contribution >= 0.6 is 0 Å². The Balaban J connectivity index is 1.69. The van der Waals surface area contributed by atoms with Crippen LogP contribution < -0.4 is 5.73 Å². The molecule has 7 nitrogen and oxygen atoms in total. The van der Waals surface area contributed by atoms with Crippen molar-refractivity contribution in [2.24, 2.45) is 10.7 Å². The Bertz CT molecular complexity index is 1840. The summed E-state index contributed by atoms with van der Waals surface area (Å²) in [6.07, 6.45) is 5.93. The van der Waals surface area contributed by atoms with Gasteiger partial charge in [0.05, 0.1) is 39.5 Å². The topological polar surface area (TPSA) is 96.8 Å². The molecule has 4 aromatic rings. The molecule has 0 aromatic carbocycles. The van der Waals surface area contributed by atoms with Crippen LogP contribution in [-0.2, 0) is 19.3 Å². The van der Waals surface area contributed by atoms with E-state index in [9.17, 15) is 0 Å². The quantitative estimate of drug-likeness (QED) is 0.279. The van der Waals surface area contributed by atoms with Crippen LogP contribution in [0.5, 0.6) is 0 Å². The Morgan fingerprint density at radius 1 is 0.725 bits per heavy atom. The molecule has 0 saturated heterocycles. The molecule has 208 valence electrons. The van der Waals surface area contributed by atoms with Crippen molar-refractivity contribution in [1.29, 1.82) is 5.41 Å². The van der Waals surface area contributed by atoms with Gasteiger partial charge in [-0.25, -0.2) is 14.0 Å². The van der Waals surface area contributed by atoms with E-state index in [1.807, 2.05) is 10.6 Å². The van der Waals surface area contributed by atoms with Crippen LogP contribution in [0, 0.1) is 60.8 Å². The molecule has 0 spiro atoms. The summed E-state index contributed by atoms with van der Waals surface area (Å²) in [7, 11) is 0. The van der Waals surface area contributed by atoms with Crippen molar-refractivity contribution in [3.8, 4) is 0 Å². The van der Waals surface area contributed by atoms with Crippen LogP contribution in [0.15, 0.2) is 28.4 Å². The summed E-state index contributed by atoms with van der Waals surface area (Å²) in [6, 6.07) is 0. The van der Waals surface area contributed by atoms with Gasteiger partial charge in [0.15, 0.2) is 0 Å². The first-order chi connectivity index (χ1) is 18.9. The number of hydrogen-bond acceptors (Lipinski definition) is 5. The van der Waals surface area contributed by atoms with Crippen molar-refractivity contribution in [3.63, 3.8) is 0 Å². The number of aromatic nitrogens is 4. The van der Waals surface area contributed by atoms with E-state index in [4.69, 9.17) is 26.3 Å². The molecular weight excluding hydrogens is 494 g/mol. The smallest absolute Gasteiger partial charge is 0.113 e. The average Bonchev–Trinajstić information content (AvgIpc) is 3.49. The molecule has 5 rings (SSSR count). The molecule has 0 amide bonds. The maximum absolute atomic E-state index is 8.83. The maximum Gasteiger partial charge on any atom is 0.113 e. The number of nitrogens with two attached hydrogens (primary N) is 1. The number of nitrogens with zero attached hydrogens (tertiary/aromatic N) is 5. The summed E-state index contributed by atoms with van der Waals surface area (Å²) < 4.78 is 4.13. The van der Waals surface area contributed by atoms with E-state index >= 15 is 0 Å². The van der Waals surface area contributed by atoms with E-state index in [2.05, 4.69) is 73.8 Å². The van der Waals surface area contributed by atoms with Gasteiger partial charge in [-0.15, -0.1) is 0 Å². The van der Waals surface area contributed by atoms with Crippen LogP contribution in [0.4, 0.5) is 5.69 Å². The van der Waals surface area contributed by atoms with Gasteiger partial charge in [-0.1, -0.05) is 13.8 Å². The number of hydrogen-bond donors (Lipinski definition) is 2. The van der Waals surface area contributed by atoms with E-state index in [1.54, 1.807) is 6.08 Å². The Morgan fingerprint density at radius 3 is 1.82 bits per heavy atom. The first-order valence-corrected chi connectivity index (χ1v) is 14.2. The molecular formula is C33H41N7. The fourth-order valence-corrected chi connectivity index (χ4v) is 5.96. The van der Waals surface area contributed by atoms with Gasteiger partial charge < -0.3 is 11.1 Å². The second kappa shape index (κ2) is 9.88. The number of aliphatic imine (C=N–C) groups is 1. The highest BCUT2D eigenvalue weighted by Crippen LogP contribution is 2.34. The van der Waals surface area contributed by atoms with Gasteiger partial charge in [0.1, 0.15) is 5.69 Å². The average molecular weight is 536 g/mol. The minimum Gasteiger partial charge on any atom is -0.397 e. The van der Waals surface area contributed by atoms with E-state index in [0.717, 1.165) is 57.9 Å². The van der Waals surface area contributed by atoms with Crippen LogP contribution in [0.1, 0.15) is 75.6 Å². The Morgan fingerprint density at radius 2 is 1.25 bits per heavy atom. The molecule has 0 bridgehead atoms. The molecule has 0 radical (unpaired) electrons. The minimum atomic E-state index is 0.421. The van der Waals surface area contributed by atoms with Gasteiger partial charge in [-0.3, -0.25) is 0 Å². The largest absolute Gasteiger partial charge is 0.397 e. The molecule has 1 aliphatic carbocycles. The van der Waals surface area contributed by atoms with E-state index in [-0.39, 0.29) is 0 Å². The lowest BCUT2D eigenvalue weighted by atomic mass is 9.91. The molecule has 3 N–H and O–H groups in total. The molecule has 0 aliphatic heterocycles. The monoisotopic (exact) mass is 535 g/mol. The molecule has 40 heavy (non-hydrogen) atoms. The van der Waals surface area contributed by atoms with Crippen molar-refractivity contribution >= 4 is 28.1 Å². The zero-order valence-electron chi connectivity index (χ0n) is 25.6. The van der Waals surface area contributed by atoms with Crippen molar-refractivity contribution in [1.82, 2.24) is 19.2 Å². The highest BCUT2D eigenvalue weighted by molar-refractivity contribution is 6.23. The third-order valence-corrected chi connectivity index (χ3v) is 9.20. The molecule has 0 unspecified atom stereocenters. The van der Waals surface area contributed by atoms with Gasteiger partial charge in [-0.2, -0.15) is 10.2 Å². The fraction of sp³-hybridized carbons (Fsp3) is 0.394. The number of nitrogens with one attached hydrogen (secondary N) is 1. The second-order valence-electron chi connectivity index (χ2n) is 11.2. The SMILES string of the molecule is CCc1nn2c(C)c(C)c(C)c(C)c2c1CC1=CC(=Nc2c(CC)nn3c(C)c(C)c(C)c(C)c23)C(N)=CC1=N. The summed E-state index contributed by atoms with van der Waals surface area (Å²) in [6.45, 7) is 21.5. The van der Waals surface area contributed by atoms with Crippen LogP contribution in [0.25, 0.3) is 11.0 Å². The number of aryl methyl sites for hydroxylation is 6. The van der Waals surface area contributed by atoms with Gasteiger partial charge in [-0.05, 0) is 119 Å². The third-order valence-electron chi connectivity index (χ3n) is 9.20. The van der Waals surface area contributed by atoms with Crippen LogP contribution in [-0.4, -0.2) is 30.7 Å². The predicted molar refractivity (Wildman–Crippen MR) is 166 cm³/mol. The first kappa shape index (κ1) is 27.6. The molecule has 0 atom stereocenters. The summed E-state index contributed by atoms with van der Waals surface area (Å²) in [5.74, 6) is 0. The first-order valence-electron chi connectivity index (χ1n) is 14.2. The number of pyridine rings is 2. The summed E-state index contributed by atoms with van der Waals surface area (Å²) in [5, 5.41) is 18.8. The fourth-order valence-electron chi connectivity index (χ4n) is 5.96. The Kier molecular flexibility index (Phi) is 6.81. The van der Waals surface area contributed by atoms with Gasteiger partial charge in [0.25, 0.3) is 0 Å². The lowest BCUT2D eigenvalue weighted by Gasteiger charge is -2.17. The Hall–Kier alpha value is -4.00. The summed E-state index contributed by atoms with van der Waals surface area (Å²) in [5.41, 5.74) is 25.0. The maximum atomic E-state index is 8.83. The highest BCUT2D eigenvalue weighted by Gasteiger charge is 2.24. The highest BCUT2D eigenvalue weighted by atomic mass is 15.3. The van der Waals surface area contributed by atoms with E-state index in [1.165, 1.54) is 38.9 Å². The van der Waals surface area contributed by atoms with Gasteiger partial charge in [0, 0.05) is 23.4 Å². The minimum absolute atomic E-state index is 0.421. The molecule has 4 heterocycles. The zero-order valence-corrected chi connectivity index (χ0v) is 25.6. The zero-order chi connectivity index (χ0) is 29.2. The van der Waals surface area contributed by atoms with Crippen LogP contribution in [0.2, 0.25) is 0 Å². The summed E-state index contributed by atoms with van der Waals surface area (Å²) in [4.78, 5) is 5.15. The molecule has 0 saturated carbocycles. The Labute approximate surface area is 237 Å². The second-order valence-corrected chi connectivity index (χ2v) is 11.2. The molecule has 0 fully saturated rings. The lowest BCUT2D eigenvalue weighted by molar-refractivity contribution is 0.851. The van der Waals surface area contributed by atoms with Crippen molar-refractivity contribution in [3.05, 3.63) is 85.1 Å². The molecule has 1 aliphatic rings. The van der Waals surface area contributed by atoms with Crippen molar-refractivity contribution in [2.75, 3.05) is 0 Å². The van der Waals surface area contributed by atoms with Crippen molar-refractivity contribution < 1.29 is 0 Å². The normalized spacial score (nSPS) is 15.1. The van der Waals surface area contributed by atoms with E-state index in [0.29, 0.717) is 23.5 Å². The third kappa shape index (κ3) is 4.02. The van der Waals surface area contributed by atoms with Crippen molar-refractivity contribution in [2.45, 2.75) is 88.5 Å². The van der Waals surface area contributed by atoms with Gasteiger partial charge >= 0.3 is 0 Å². The number of rotatable bonds is 5. The van der Waals surface area contributed by atoms with Gasteiger partial charge in [0.2, 0.25) is 0 Å². The summed E-state index contributed by atoms with van der Waals surface area (Å²) >= 11 is 0. The molecule has 4 aromatic heterocycles. The van der Waals surface area contributed by atoms with Crippen LogP contribution in [0.3, 0.4) is 0 Å². The predicted octanol–water partition coefficient (Wildman–Crippen LogP) is 6.69. The number of allylic oxidation sites excluding steroid dienone is 3. The molecule has 7 heteroatoms.